The topological polar surface area (TPSA) is 44.1 Å². The van der Waals surface area contributed by atoms with Gasteiger partial charge in [-0.3, -0.25) is 9.36 Å². The lowest BCUT2D eigenvalue weighted by Gasteiger charge is -2.33. The second-order valence-corrected chi connectivity index (χ2v) is 7.25. The first-order chi connectivity index (χ1) is 9.60. The summed E-state index contributed by atoms with van der Waals surface area (Å²) in [5.41, 5.74) is 0.182. The maximum atomic E-state index is 12.2. The van der Waals surface area contributed by atoms with Crippen LogP contribution in [0.5, 0.6) is 0 Å². The summed E-state index contributed by atoms with van der Waals surface area (Å²) in [6, 6.07) is 0. The normalized spacial score (nSPS) is 25.2. The van der Waals surface area contributed by atoms with Crippen molar-refractivity contribution < 1.29 is 4.74 Å². The van der Waals surface area contributed by atoms with Crippen LogP contribution in [0.25, 0.3) is 0 Å². The smallest absolute Gasteiger partial charge is 0.267 e. The number of halogens is 1. The van der Waals surface area contributed by atoms with Gasteiger partial charge in [-0.1, -0.05) is 19.3 Å². The minimum Gasteiger partial charge on any atom is -0.370 e. The molecule has 1 aliphatic heterocycles. The highest BCUT2D eigenvalue weighted by atomic mass is 127. The summed E-state index contributed by atoms with van der Waals surface area (Å²) >= 11 is 2.05. The van der Waals surface area contributed by atoms with Crippen molar-refractivity contribution >= 4 is 22.6 Å². The Balaban J connectivity index is 1.74. The Morgan fingerprint density at radius 2 is 2.15 bits per heavy atom. The van der Waals surface area contributed by atoms with Crippen molar-refractivity contribution in [1.29, 1.82) is 0 Å². The first-order valence-electron chi connectivity index (χ1n) is 7.49. The zero-order valence-electron chi connectivity index (χ0n) is 11.9. The third kappa shape index (κ3) is 2.79. The molecule has 3 rings (SSSR count). The number of hydrogen-bond acceptors (Lipinski definition) is 3. The summed E-state index contributed by atoms with van der Waals surface area (Å²) in [4.78, 5) is 16.5. The molecule has 1 aromatic rings. The van der Waals surface area contributed by atoms with E-state index in [4.69, 9.17) is 4.74 Å². The Morgan fingerprint density at radius 3 is 2.90 bits per heavy atom. The van der Waals surface area contributed by atoms with Gasteiger partial charge in [0, 0.05) is 6.20 Å². The van der Waals surface area contributed by atoms with Crippen LogP contribution in [0.15, 0.2) is 11.0 Å². The van der Waals surface area contributed by atoms with E-state index in [0.29, 0.717) is 10.1 Å². The van der Waals surface area contributed by atoms with Gasteiger partial charge < -0.3 is 4.74 Å². The minimum atomic E-state index is 0.0614. The van der Waals surface area contributed by atoms with Crippen LogP contribution in [0.4, 0.5) is 0 Å². The fourth-order valence-corrected chi connectivity index (χ4v) is 3.99. The molecule has 2 heterocycles. The summed E-state index contributed by atoms with van der Waals surface area (Å²) in [7, 11) is 0. The maximum absolute atomic E-state index is 12.2. The van der Waals surface area contributed by atoms with Crippen molar-refractivity contribution in [3.05, 3.63) is 25.9 Å². The lowest BCUT2D eigenvalue weighted by atomic mass is 9.83. The molecular formula is C15H21IN2O2. The lowest BCUT2D eigenvalue weighted by Crippen LogP contribution is -2.35. The molecule has 1 saturated carbocycles. The summed E-state index contributed by atoms with van der Waals surface area (Å²) in [5.74, 6) is 0.781. The molecule has 110 valence electrons. The number of rotatable bonds is 2. The summed E-state index contributed by atoms with van der Waals surface area (Å²) in [5, 5.41) is 0. The second-order valence-electron chi connectivity index (χ2n) is 6.09. The molecule has 1 atom stereocenters. The molecular weight excluding hydrogens is 367 g/mol. The molecule has 4 nitrogen and oxygen atoms in total. The predicted octanol–water partition coefficient (Wildman–Crippen LogP) is 3.04. The van der Waals surface area contributed by atoms with Crippen LogP contribution in [0, 0.1) is 10.5 Å². The van der Waals surface area contributed by atoms with Crippen molar-refractivity contribution in [1.82, 2.24) is 9.55 Å². The van der Waals surface area contributed by atoms with Gasteiger partial charge in [0.05, 0.1) is 21.8 Å². The molecule has 1 aromatic heterocycles. The Morgan fingerprint density at radius 1 is 1.40 bits per heavy atom. The first-order valence-corrected chi connectivity index (χ1v) is 8.57. The average Bonchev–Trinajstić information content (AvgIpc) is 2.83. The van der Waals surface area contributed by atoms with Crippen LogP contribution in [-0.4, -0.2) is 21.3 Å². The summed E-state index contributed by atoms with van der Waals surface area (Å²) in [6.45, 7) is 2.54. The van der Waals surface area contributed by atoms with E-state index in [-0.39, 0.29) is 17.3 Å². The van der Waals surface area contributed by atoms with E-state index < -0.39 is 0 Å². The molecule has 0 N–H and O–H groups in total. The molecule has 1 aliphatic carbocycles. The monoisotopic (exact) mass is 388 g/mol. The summed E-state index contributed by atoms with van der Waals surface area (Å²) < 4.78 is 8.81. The molecule has 2 fully saturated rings. The number of aromatic nitrogens is 2. The van der Waals surface area contributed by atoms with E-state index in [2.05, 4.69) is 27.6 Å². The molecule has 2 aliphatic rings. The SMILES string of the molecule is Cc1ncc(I)c(=O)n1CC1CCC2(CCCCC2)O1. The molecule has 0 bridgehead atoms. The van der Waals surface area contributed by atoms with Crippen LogP contribution in [-0.2, 0) is 11.3 Å². The van der Waals surface area contributed by atoms with Gasteiger partial charge in [-0.15, -0.1) is 0 Å². The highest BCUT2D eigenvalue weighted by molar-refractivity contribution is 14.1. The molecule has 1 unspecified atom stereocenters. The van der Waals surface area contributed by atoms with Gasteiger partial charge in [0.2, 0.25) is 0 Å². The Bertz CT molecular complexity index is 549. The molecule has 5 heteroatoms. The highest BCUT2D eigenvalue weighted by Crippen LogP contribution is 2.42. The lowest BCUT2D eigenvalue weighted by molar-refractivity contribution is -0.0684. The van der Waals surface area contributed by atoms with Crippen molar-refractivity contribution in [3.8, 4) is 0 Å². The molecule has 0 amide bonds. The maximum Gasteiger partial charge on any atom is 0.267 e. The minimum absolute atomic E-state index is 0.0614. The fraction of sp³-hybridized carbons (Fsp3) is 0.733. The summed E-state index contributed by atoms with van der Waals surface area (Å²) in [6.07, 6.45) is 10.4. The largest absolute Gasteiger partial charge is 0.370 e. The average molecular weight is 388 g/mol. The van der Waals surface area contributed by atoms with E-state index in [1.54, 1.807) is 10.8 Å². The van der Waals surface area contributed by atoms with Crippen LogP contribution in [0.3, 0.4) is 0 Å². The standard InChI is InChI=1S/C15H21IN2O2/c1-11-17-9-13(16)14(19)18(11)10-12-5-8-15(20-12)6-3-2-4-7-15/h9,12H,2-8,10H2,1H3. The van der Waals surface area contributed by atoms with Gasteiger partial charge >= 0.3 is 0 Å². The van der Waals surface area contributed by atoms with E-state index >= 15 is 0 Å². The zero-order chi connectivity index (χ0) is 14.2. The number of hydrogen-bond donors (Lipinski definition) is 0. The molecule has 0 aromatic carbocycles. The first kappa shape index (κ1) is 14.5. The van der Waals surface area contributed by atoms with E-state index in [0.717, 1.165) is 18.7 Å². The van der Waals surface area contributed by atoms with Crippen molar-refractivity contribution in [3.63, 3.8) is 0 Å². The van der Waals surface area contributed by atoms with Crippen LogP contribution < -0.4 is 5.56 Å². The number of aryl methyl sites for hydroxylation is 1. The van der Waals surface area contributed by atoms with Gasteiger partial charge in [0.1, 0.15) is 5.82 Å². The van der Waals surface area contributed by atoms with E-state index in [1.807, 2.05) is 6.92 Å². The zero-order valence-corrected chi connectivity index (χ0v) is 14.1. The van der Waals surface area contributed by atoms with Crippen molar-refractivity contribution in [2.24, 2.45) is 0 Å². The highest BCUT2D eigenvalue weighted by Gasteiger charge is 2.40. The fourth-order valence-electron chi connectivity index (χ4n) is 3.56. The number of nitrogens with zero attached hydrogens (tertiary/aromatic N) is 2. The Hall–Kier alpha value is -0.430. The number of ether oxygens (including phenoxy) is 1. The van der Waals surface area contributed by atoms with Crippen LogP contribution in [0.1, 0.15) is 50.8 Å². The second kappa shape index (κ2) is 5.75. The quantitative estimate of drug-likeness (QED) is 0.732. The van der Waals surface area contributed by atoms with Gasteiger partial charge in [-0.2, -0.15) is 0 Å². The third-order valence-electron chi connectivity index (χ3n) is 4.69. The van der Waals surface area contributed by atoms with Crippen LogP contribution in [0.2, 0.25) is 0 Å². The Kier molecular flexibility index (Phi) is 4.17. The van der Waals surface area contributed by atoms with E-state index in [9.17, 15) is 4.79 Å². The van der Waals surface area contributed by atoms with E-state index in [1.165, 1.54) is 32.1 Å². The molecule has 1 saturated heterocycles. The van der Waals surface area contributed by atoms with Gasteiger partial charge in [0.25, 0.3) is 5.56 Å². The third-order valence-corrected chi connectivity index (χ3v) is 5.43. The van der Waals surface area contributed by atoms with Crippen molar-refractivity contribution in [2.45, 2.75) is 70.1 Å². The molecule has 0 radical (unpaired) electrons. The molecule has 20 heavy (non-hydrogen) atoms. The van der Waals surface area contributed by atoms with Gasteiger partial charge in [0.15, 0.2) is 0 Å². The molecule has 1 spiro atoms. The predicted molar refractivity (Wildman–Crippen MR) is 85.9 cm³/mol. The van der Waals surface area contributed by atoms with Gasteiger partial charge in [-0.25, -0.2) is 4.98 Å². The van der Waals surface area contributed by atoms with Crippen LogP contribution >= 0.6 is 22.6 Å². The van der Waals surface area contributed by atoms with Gasteiger partial charge in [-0.05, 0) is 55.2 Å². The Labute approximate surface area is 133 Å². The van der Waals surface area contributed by atoms with Crippen molar-refractivity contribution in [2.75, 3.05) is 0 Å².